The van der Waals surface area contributed by atoms with Crippen molar-refractivity contribution in [1.29, 1.82) is 0 Å². The van der Waals surface area contributed by atoms with Crippen LogP contribution in [0.4, 0.5) is 5.69 Å². The standard InChI is InChI=1S/C24H28N4O5S/c1-17-14-18(2)28(27-17)11-4-10-25-34(30,31)21-7-3-6-19(15-21)24(29)26-20-8-9-22-23(16-20)33-13-5-12-32-22/h3,6-9,14-16,25H,4-5,10-13H2,1-2H3,(H,26,29). The first-order valence-electron chi connectivity index (χ1n) is 11.1. The maximum atomic E-state index is 12.8. The first kappa shape index (κ1) is 23.8. The molecule has 0 aliphatic carbocycles. The first-order chi connectivity index (χ1) is 16.3. The number of aryl methyl sites for hydroxylation is 3. The summed E-state index contributed by atoms with van der Waals surface area (Å²) >= 11 is 0. The second-order valence-electron chi connectivity index (χ2n) is 8.10. The summed E-state index contributed by atoms with van der Waals surface area (Å²) in [6, 6.07) is 13.1. The third kappa shape index (κ3) is 5.75. The molecule has 1 amide bonds. The topological polar surface area (TPSA) is 112 Å². The van der Waals surface area contributed by atoms with Crippen LogP contribution in [0.1, 0.15) is 34.6 Å². The highest BCUT2D eigenvalue weighted by molar-refractivity contribution is 7.89. The van der Waals surface area contributed by atoms with Gasteiger partial charge in [0.1, 0.15) is 0 Å². The molecule has 2 aromatic carbocycles. The third-order valence-corrected chi connectivity index (χ3v) is 6.81. The molecule has 0 saturated heterocycles. The molecule has 1 aliphatic heterocycles. The Bertz CT molecular complexity index is 1290. The van der Waals surface area contributed by atoms with E-state index in [4.69, 9.17) is 9.47 Å². The molecule has 1 aliphatic rings. The Morgan fingerprint density at radius 1 is 1.06 bits per heavy atom. The Kier molecular flexibility index (Phi) is 7.18. The van der Waals surface area contributed by atoms with Gasteiger partial charge in [-0.2, -0.15) is 5.10 Å². The largest absolute Gasteiger partial charge is 0.490 e. The van der Waals surface area contributed by atoms with E-state index in [2.05, 4.69) is 15.1 Å². The summed E-state index contributed by atoms with van der Waals surface area (Å²) in [5.74, 6) is 0.778. The van der Waals surface area contributed by atoms with Gasteiger partial charge in [-0.05, 0) is 56.7 Å². The van der Waals surface area contributed by atoms with Crippen LogP contribution in [0.2, 0.25) is 0 Å². The zero-order valence-corrected chi connectivity index (χ0v) is 20.0. The van der Waals surface area contributed by atoms with Gasteiger partial charge in [-0.15, -0.1) is 0 Å². The van der Waals surface area contributed by atoms with Crippen molar-refractivity contribution in [3.8, 4) is 11.5 Å². The van der Waals surface area contributed by atoms with Crippen LogP contribution in [0.25, 0.3) is 0 Å². The predicted octanol–water partition coefficient (Wildman–Crippen LogP) is 3.28. The fourth-order valence-corrected chi connectivity index (χ4v) is 4.79. The Morgan fingerprint density at radius 2 is 1.85 bits per heavy atom. The number of sulfonamides is 1. The number of carbonyl (C=O) groups excluding carboxylic acids is 1. The van der Waals surface area contributed by atoms with Gasteiger partial charge in [0, 0.05) is 42.5 Å². The number of aromatic nitrogens is 2. The van der Waals surface area contributed by atoms with E-state index >= 15 is 0 Å². The fraction of sp³-hybridized carbons (Fsp3) is 0.333. The number of rotatable bonds is 8. The molecular weight excluding hydrogens is 456 g/mol. The normalized spacial score (nSPS) is 13.4. The van der Waals surface area contributed by atoms with E-state index < -0.39 is 15.9 Å². The summed E-state index contributed by atoms with van der Waals surface area (Å²) < 4.78 is 41.2. The molecule has 180 valence electrons. The van der Waals surface area contributed by atoms with Crippen molar-refractivity contribution in [2.24, 2.45) is 0 Å². The van der Waals surface area contributed by atoms with Crippen molar-refractivity contribution >= 4 is 21.6 Å². The fourth-order valence-electron chi connectivity index (χ4n) is 3.67. The van der Waals surface area contributed by atoms with Crippen LogP contribution < -0.4 is 19.5 Å². The number of nitrogens with zero attached hydrogens (tertiary/aromatic N) is 2. The highest BCUT2D eigenvalue weighted by Crippen LogP contribution is 2.32. The molecule has 2 N–H and O–H groups in total. The second-order valence-corrected chi connectivity index (χ2v) is 9.86. The number of ether oxygens (including phenoxy) is 2. The number of nitrogens with one attached hydrogen (secondary N) is 2. The Morgan fingerprint density at radius 3 is 2.62 bits per heavy atom. The Labute approximate surface area is 199 Å². The smallest absolute Gasteiger partial charge is 0.255 e. The van der Waals surface area contributed by atoms with Crippen LogP contribution in [0.3, 0.4) is 0 Å². The number of fused-ring (bicyclic) bond motifs is 1. The molecule has 1 aromatic heterocycles. The molecular formula is C24H28N4O5S. The predicted molar refractivity (Wildman–Crippen MR) is 128 cm³/mol. The minimum Gasteiger partial charge on any atom is -0.490 e. The van der Waals surface area contributed by atoms with E-state index in [0.717, 1.165) is 17.8 Å². The van der Waals surface area contributed by atoms with Crippen molar-refractivity contribution in [2.45, 2.75) is 38.1 Å². The minimum atomic E-state index is -3.76. The van der Waals surface area contributed by atoms with E-state index in [1.807, 2.05) is 24.6 Å². The van der Waals surface area contributed by atoms with Crippen LogP contribution in [0.15, 0.2) is 53.4 Å². The van der Waals surface area contributed by atoms with Crippen LogP contribution in [0, 0.1) is 13.8 Å². The molecule has 0 atom stereocenters. The van der Waals surface area contributed by atoms with Gasteiger partial charge in [0.25, 0.3) is 5.91 Å². The van der Waals surface area contributed by atoms with Gasteiger partial charge < -0.3 is 14.8 Å². The minimum absolute atomic E-state index is 0.0323. The average Bonchev–Trinajstić information content (AvgIpc) is 2.99. The maximum absolute atomic E-state index is 12.8. The molecule has 34 heavy (non-hydrogen) atoms. The van der Waals surface area contributed by atoms with Gasteiger partial charge in [0.05, 0.1) is 23.8 Å². The van der Waals surface area contributed by atoms with Gasteiger partial charge in [0.15, 0.2) is 11.5 Å². The molecule has 0 fully saturated rings. The van der Waals surface area contributed by atoms with Crippen molar-refractivity contribution in [2.75, 3.05) is 25.1 Å². The molecule has 4 rings (SSSR count). The maximum Gasteiger partial charge on any atom is 0.255 e. The lowest BCUT2D eigenvalue weighted by atomic mass is 10.2. The third-order valence-electron chi connectivity index (χ3n) is 5.35. The van der Waals surface area contributed by atoms with Crippen molar-refractivity contribution < 1.29 is 22.7 Å². The summed E-state index contributed by atoms with van der Waals surface area (Å²) in [6.45, 7) is 5.88. The summed E-state index contributed by atoms with van der Waals surface area (Å²) in [7, 11) is -3.76. The second kappa shape index (κ2) is 10.3. The van der Waals surface area contributed by atoms with E-state index in [0.29, 0.717) is 43.4 Å². The quantitative estimate of drug-likeness (QED) is 0.475. The van der Waals surface area contributed by atoms with E-state index in [1.54, 1.807) is 30.3 Å². The number of benzene rings is 2. The number of amides is 1. The van der Waals surface area contributed by atoms with Crippen molar-refractivity contribution in [3.63, 3.8) is 0 Å². The monoisotopic (exact) mass is 484 g/mol. The summed E-state index contributed by atoms with van der Waals surface area (Å²) in [6.07, 6.45) is 1.37. The highest BCUT2D eigenvalue weighted by Gasteiger charge is 2.17. The average molecular weight is 485 g/mol. The lowest BCUT2D eigenvalue weighted by Gasteiger charge is -2.11. The number of hydrogen-bond acceptors (Lipinski definition) is 6. The molecule has 0 spiro atoms. The van der Waals surface area contributed by atoms with Crippen LogP contribution >= 0.6 is 0 Å². The van der Waals surface area contributed by atoms with Crippen LogP contribution in [-0.4, -0.2) is 43.9 Å². The summed E-state index contributed by atoms with van der Waals surface area (Å²) in [4.78, 5) is 12.8. The summed E-state index contributed by atoms with van der Waals surface area (Å²) in [5, 5.41) is 7.16. The lowest BCUT2D eigenvalue weighted by molar-refractivity contribution is 0.102. The van der Waals surface area contributed by atoms with Crippen LogP contribution in [-0.2, 0) is 16.6 Å². The van der Waals surface area contributed by atoms with Crippen LogP contribution in [0.5, 0.6) is 11.5 Å². The molecule has 10 heteroatoms. The SMILES string of the molecule is Cc1cc(C)n(CCCNS(=O)(=O)c2cccc(C(=O)Nc3ccc4c(c3)OCCCO4)c2)n1. The van der Waals surface area contributed by atoms with E-state index in [-0.39, 0.29) is 17.0 Å². The molecule has 2 heterocycles. The van der Waals surface area contributed by atoms with Crippen molar-refractivity contribution in [3.05, 3.63) is 65.5 Å². The number of anilines is 1. The molecule has 0 bridgehead atoms. The first-order valence-corrected chi connectivity index (χ1v) is 12.6. The zero-order valence-electron chi connectivity index (χ0n) is 19.2. The van der Waals surface area contributed by atoms with Gasteiger partial charge in [-0.25, -0.2) is 13.1 Å². The Balaban J connectivity index is 1.38. The highest BCUT2D eigenvalue weighted by atomic mass is 32.2. The number of hydrogen-bond donors (Lipinski definition) is 2. The summed E-state index contributed by atoms with van der Waals surface area (Å²) in [5.41, 5.74) is 2.73. The molecule has 0 radical (unpaired) electrons. The van der Waals surface area contributed by atoms with Crippen molar-refractivity contribution in [1.82, 2.24) is 14.5 Å². The zero-order chi connectivity index (χ0) is 24.1. The van der Waals surface area contributed by atoms with Gasteiger partial charge in [-0.3, -0.25) is 9.48 Å². The number of carbonyl (C=O) groups is 1. The Hall–Kier alpha value is -3.37. The van der Waals surface area contributed by atoms with E-state index in [1.165, 1.54) is 12.1 Å². The molecule has 3 aromatic rings. The molecule has 0 unspecified atom stereocenters. The molecule has 0 saturated carbocycles. The molecule has 9 nitrogen and oxygen atoms in total. The van der Waals surface area contributed by atoms with E-state index in [9.17, 15) is 13.2 Å². The lowest BCUT2D eigenvalue weighted by Crippen LogP contribution is -2.26. The van der Waals surface area contributed by atoms with Gasteiger partial charge in [-0.1, -0.05) is 6.07 Å². The van der Waals surface area contributed by atoms with Gasteiger partial charge in [0.2, 0.25) is 10.0 Å². The van der Waals surface area contributed by atoms with Gasteiger partial charge >= 0.3 is 0 Å².